The van der Waals surface area contributed by atoms with E-state index in [2.05, 4.69) is 10.2 Å². The number of aromatic nitrogens is 2. The van der Waals surface area contributed by atoms with Crippen molar-refractivity contribution >= 4 is 15.7 Å². The molecule has 0 N–H and O–H groups in total. The molecular formula is C20H20N4O5S. The second-order valence-electron chi connectivity index (χ2n) is 7.19. The molecule has 0 bridgehead atoms. The van der Waals surface area contributed by atoms with Crippen LogP contribution in [0.2, 0.25) is 0 Å². The molecule has 2 aromatic carbocycles. The molecule has 3 aromatic rings. The Morgan fingerprint density at radius 3 is 2.37 bits per heavy atom. The van der Waals surface area contributed by atoms with Gasteiger partial charge in [0.25, 0.3) is 5.69 Å². The van der Waals surface area contributed by atoms with Gasteiger partial charge in [-0.25, -0.2) is 8.42 Å². The SMILES string of the molecule is Cc1ccccc1-c1nnc(C2CCN(S(=O)(=O)c3ccc([N+](=O)[O-])cc3)CC2)o1. The molecule has 1 aromatic heterocycles. The fraction of sp³-hybridized carbons (Fsp3) is 0.300. The zero-order valence-electron chi connectivity index (χ0n) is 16.3. The van der Waals surface area contributed by atoms with Crippen LogP contribution in [0, 0.1) is 17.0 Å². The second kappa shape index (κ2) is 7.96. The van der Waals surface area contributed by atoms with Gasteiger partial charge in [0, 0.05) is 36.7 Å². The Morgan fingerprint density at radius 1 is 1.07 bits per heavy atom. The van der Waals surface area contributed by atoms with Crippen molar-refractivity contribution in [1.29, 1.82) is 0 Å². The molecule has 0 spiro atoms. The number of nitro groups is 1. The van der Waals surface area contributed by atoms with E-state index in [-0.39, 0.29) is 16.5 Å². The molecule has 0 atom stereocenters. The Kier molecular flexibility index (Phi) is 5.35. The number of aryl methyl sites for hydroxylation is 1. The third-order valence-corrected chi connectivity index (χ3v) is 7.22. The summed E-state index contributed by atoms with van der Waals surface area (Å²) in [5.74, 6) is 0.961. The molecule has 1 fully saturated rings. The molecule has 0 amide bonds. The van der Waals surface area contributed by atoms with E-state index in [0.29, 0.717) is 37.7 Å². The van der Waals surface area contributed by atoms with Crippen molar-refractivity contribution in [3.8, 4) is 11.5 Å². The molecule has 1 aliphatic rings. The van der Waals surface area contributed by atoms with Gasteiger partial charge in [-0.05, 0) is 43.5 Å². The predicted molar refractivity (Wildman–Crippen MR) is 108 cm³/mol. The summed E-state index contributed by atoms with van der Waals surface area (Å²) in [6.07, 6.45) is 1.11. The molecular weight excluding hydrogens is 408 g/mol. The van der Waals surface area contributed by atoms with Crippen LogP contribution in [0.15, 0.2) is 57.8 Å². The van der Waals surface area contributed by atoms with Gasteiger partial charge in [0.2, 0.25) is 21.8 Å². The molecule has 10 heteroatoms. The third-order valence-electron chi connectivity index (χ3n) is 5.30. The Morgan fingerprint density at radius 2 is 1.73 bits per heavy atom. The summed E-state index contributed by atoms with van der Waals surface area (Å²) in [5, 5.41) is 19.1. The van der Waals surface area contributed by atoms with Crippen LogP contribution in [0.25, 0.3) is 11.5 Å². The minimum atomic E-state index is -3.71. The van der Waals surface area contributed by atoms with Crippen molar-refractivity contribution in [2.24, 2.45) is 0 Å². The van der Waals surface area contributed by atoms with E-state index in [4.69, 9.17) is 4.42 Å². The highest BCUT2D eigenvalue weighted by molar-refractivity contribution is 7.89. The van der Waals surface area contributed by atoms with Crippen molar-refractivity contribution in [2.45, 2.75) is 30.6 Å². The maximum atomic E-state index is 12.8. The Balaban J connectivity index is 1.45. The first-order valence-corrected chi connectivity index (χ1v) is 10.9. The number of piperidine rings is 1. The lowest BCUT2D eigenvalue weighted by Crippen LogP contribution is -2.37. The first kappa shape index (κ1) is 20.2. The zero-order valence-corrected chi connectivity index (χ0v) is 17.1. The maximum absolute atomic E-state index is 12.8. The van der Waals surface area contributed by atoms with Gasteiger partial charge in [-0.3, -0.25) is 10.1 Å². The van der Waals surface area contributed by atoms with Crippen molar-refractivity contribution in [3.05, 3.63) is 70.1 Å². The van der Waals surface area contributed by atoms with Gasteiger partial charge in [-0.15, -0.1) is 10.2 Å². The van der Waals surface area contributed by atoms with Crippen LogP contribution in [-0.4, -0.2) is 40.9 Å². The fourth-order valence-corrected chi connectivity index (χ4v) is 5.02. The molecule has 2 heterocycles. The standard InChI is InChI=1S/C20H20N4O5S/c1-14-4-2-3-5-18(14)20-22-21-19(29-20)15-10-12-23(13-11-15)30(27,28)17-8-6-16(7-9-17)24(25)26/h2-9,15H,10-13H2,1H3. The van der Waals surface area contributed by atoms with Crippen LogP contribution < -0.4 is 0 Å². The van der Waals surface area contributed by atoms with Crippen LogP contribution in [-0.2, 0) is 10.0 Å². The summed E-state index contributed by atoms with van der Waals surface area (Å²) in [6, 6.07) is 12.7. The highest BCUT2D eigenvalue weighted by Gasteiger charge is 2.32. The minimum Gasteiger partial charge on any atom is -0.420 e. The summed E-state index contributed by atoms with van der Waals surface area (Å²) >= 11 is 0. The number of rotatable bonds is 5. The summed E-state index contributed by atoms with van der Waals surface area (Å²) < 4.78 is 33.0. The van der Waals surface area contributed by atoms with Gasteiger partial charge in [0.05, 0.1) is 9.82 Å². The number of non-ortho nitro benzene ring substituents is 1. The zero-order chi connectivity index (χ0) is 21.3. The smallest absolute Gasteiger partial charge is 0.269 e. The molecule has 1 saturated heterocycles. The van der Waals surface area contributed by atoms with Crippen LogP contribution in [0.1, 0.15) is 30.2 Å². The molecule has 4 rings (SSSR count). The predicted octanol–water partition coefficient (Wildman–Crippen LogP) is 3.52. The molecule has 0 saturated carbocycles. The van der Waals surface area contributed by atoms with E-state index < -0.39 is 14.9 Å². The topological polar surface area (TPSA) is 119 Å². The summed E-state index contributed by atoms with van der Waals surface area (Å²) in [4.78, 5) is 10.3. The average molecular weight is 428 g/mol. The lowest BCUT2D eigenvalue weighted by molar-refractivity contribution is -0.384. The second-order valence-corrected chi connectivity index (χ2v) is 9.13. The van der Waals surface area contributed by atoms with Crippen LogP contribution in [0.5, 0.6) is 0 Å². The van der Waals surface area contributed by atoms with Gasteiger partial charge in [0.1, 0.15) is 0 Å². The largest absolute Gasteiger partial charge is 0.420 e. The van der Waals surface area contributed by atoms with E-state index in [1.165, 1.54) is 28.6 Å². The van der Waals surface area contributed by atoms with Crippen molar-refractivity contribution in [3.63, 3.8) is 0 Å². The minimum absolute atomic E-state index is 0.0152. The third kappa shape index (κ3) is 3.83. The number of benzene rings is 2. The van der Waals surface area contributed by atoms with Gasteiger partial charge in [-0.1, -0.05) is 18.2 Å². The summed E-state index contributed by atoms with van der Waals surface area (Å²) in [5.41, 5.74) is 1.78. The Bertz CT molecular complexity index is 1170. The molecule has 156 valence electrons. The summed E-state index contributed by atoms with van der Waals surface area (Å²) in [6.45, 7) is 2.60. The van der Waals surface area contributed by atoms with Crippen molar-refractivity contribution < 1.29 is 17.8 Å². The van der Waals surface area contributed by atoms with E-state index in [1.807, 2.05) is 31.2 Å². The normalized spacial score (nSPS) is 15.9. The Hall–Kier alpha value is -3.11. The van der Waals surface area contributed by atoms with Crippen LogP contribution >= 0.6 is 0 Å². The quantitative estimate of drug-likeness (QED) is 0.450. The lowest BCUT2D eigenvalue weighted by Gasteiger charge is -2.29. The van der Waals surface area contributed by atoms with E-state index in [9.17, 15) is 18.5 Å². The lowest BCUT2D eigenvalue weighted by atomic mass is 9.98. The van der Waals surface area contributed by atoms with Crippen LogP contribution in [0.3, 0.4) is 0 Å². The molecule has 0 radical (unpaired) electrons. The number of nitrogens with zero attached hydrogens (tertiary/aromatic N) is 4. The molecule has 30 heavy (non-hydrogen) atoms. The first-order valence-electron chi connectivity index (χ1n) is 9.50. The van der Waals surface area contributed by atoms with Gasteiger partial charge < -0.3 is 4.42 Å². The Labute approximate surface area is 173 Å². The van der Waals surface area contributed by atoms with Gasteiger partial charge in [0.15, 0.2) is 0 Å². The van der Waals surface area contributed by atoms with E-state index in [0.717, 1.165) is 11.1 Å². The number of sulfonamides is 1. The van der Waals surface area contributed by atoms with Crippen molar-refractivity contribution in [1.82, 2.24) is 14.5 Å². The fourth-order valence-electron chi connectivity index (χ4n) is 3.55. The number of nitro benzene ring substituents is 1. The van der Waals surface area contributed by atoms with Crippen LogP contribution in [0.4, 0.5) is 5.69 Å². The molecule has 0 unspecified atom stereocenters. The highest BCUT2D eigenvalue weighted by Crippen LogP contribution is 2.32. The number of hydrogen-bond acceptors (Lipinski definition) is 7. The van der Waals surface area contributed by atoms with Crippen molar-refractivity contribution in [2.75, 3.05) is 13.1 Å². The summed E-state index contributed by atoms with van der Waals surface area (Å²) in [7, 11) is -3.71. The molecule has 1 aliphatic heterocycles. The van der Waals surface area contributed by atoms with Gasteiger partial charge >= 0.3 is 0 Å². The average Bonchev–Trinajstić information content (AvgIpc) is 3.24. The van der Waals surface area contributed by atoms with Gasteiger partial charge in [-0.2, -0.15) is 4.31 Å². The first-order chi connectivity index (χ1) is 14.4. The number of hydrogen-bond donors (Lipinski definition) is 0. The van der Waals surface area contributed by atoms with E-state index >= 15 is 0 Å². The molecule has 0 aliphatic carbocycles. The molecule has 9 nitrogen and oxygen atoms in total. The van der Waals surface area contributed by atoms with E-state index in [1.54, 1.807) is 0 Å². The highest BCUT2D eigenvalue weighted by atomic mass is 32.2. The monoisotopic (exact) mass is 428 g/mol. The maximum Gasteiger partial charge on any atom is 0.269 e.